The van der Waals surface area contributed by atoms with Crippen LogP contribution in [0.15, 0.2) is 34.1 Å². The van der Waals surface area contributed by atoms with Crippen molar-refractivity contribution in [1.82, 2.24) is 9.55 Å². The Morgan fingerprint density at radius 3 is 3.00 bits per heavy atom. The van der Waals surface area contributed by atoms with Gasteiger partial charge in [0.2, 0.25) is 5.95 Å². The van der Waals surface area contributed by atoms with Gasteiger partial charge in [0, 0.05) is 14.7 Å². The van der Waals surface area contributed by atoms with Crippen LogP contribution in [0.25, 0.3) is 11.0 Å². The van der Waals surface area contributed by atoms with Gasteiger partial charge in [-0.1, -0.05) is 17.7 Å². The van der Waals surface area contributed by atoms with Crippen LogP contribution in [-0.4, -0.2) is 9.55 Å². The second kappa shape index (κ2) is 4.57. The Morgan fingerprint density at radius 2 is 2.28 bits per heavy atom. The van der Waals surface area contributed by atoms with Crippen LogP contribution >= 0.6 is 38.9 Å². The first-order chi connectivity index (χ1) is 8.65. The molecule has 0 radical (unpaired) electrons. The summed E-state index contributed by atoms with van der Waals surface area (Å²) in [7, 11) is 0. The van der Waals surface area contributed by atoms with E-state index in [1.807, 2.05) is 28.1 Å². The number of benzene rings is 1. The van der Waals surface area contributed by atoms with Gasteiger partial charge in [-0.3, -0.25) is 0 Å². The summed E-state index contributed by atoms with van der Waals surface area (Å²) in [4.78, 5) is 5.53. The molecule has 0 saturated heterocycles. The Bertz CT molecular complexity index is 719. The number of hydrogen-bond donors (Lipinski definition) is 1. The first kappa shape index (κ1) is 12.0. The smallest absolute Gasteiger partial charge is 0.201 e. The van der Waals surface area contributed by atoms with Crippen LogP contribution < -0.4 is 5.73 Å². The molecule has 0 saturated carbocycles. The highest BCUT2D eigenvalue weighted by Crippen LogP contribution is 2.28. The molecular weight excluding hydrogens is 334 g/mol. The second-order valence-electron chi connectivity index (χ2n) is 3.89. The first-order valence-corrected chi connectivity index (χ1v) is 7.33. The molecule has 0 amide bonds. The third kappa shape index (κ3) is 2.02. The molecule has 0 spiro atoms. The summed E-state index contributed by atoms with van der Waals surface area (Å²) >= 11 is 11.3. The summed E-state index contributed by atoms with van der Waals surface area (Å²) in [5.41, 5.74) is 7.68. The number of rotatable bonds is 2. The lowest BCUT2D eigenvalue weighted by Crippen LogP contribution is -2.03. The summed E-state index contributed by atoms with van der Waals surface area (Å²) < 4.78 is 3.02. The summed E-state index contributed by atoms with van der Waals surface area (Å²) in [5, 5.41) is 2.72. The molecule has 2 heterocycles. The van der Waals surface area contributed by atoms with Crippen molar-refractivity contribution in [1.29, 1.82) is 0 Å². The molecule has 6 heteroatoms. The Hall–Kier alpha value is -1.04. The number of thiophene rings is 1. The fourth-order valence-corrected chi connectivity index (χ4v) is 3.62. The minimum absolute atomic E-state index is 0.489. The molecule has 2 N–H and O–H groups in total. The van der Waals surface area contributed by atoms with Gasteiger partial charge in [0.1, 0.15) is 0 Å². The van der Waals surface area contributed by atoms with Gasteiger partial charge in [-0.2, -0.15) is 0 Å². The fraction of sp³-hybridized carbons (Fsp3) is 0.0833. The van der Waals surface area contributed by atoms with Crippen molar-refractivity contribution in [2.45, 2.75) is 6.54 Å². The maximum atomic E-state index is 6.22. The van der Waals surface area contributed by atoms with E-state index in [0.717, 1.165) is 15.5 Å². The van der Waals surface area contributed by atoms with E-state index >= 15 is 0 Å². The number of halogens is 2. The van der Waals surface area contributed by atoms with E-state index in [0.29, 0.717) is 17.5 Å². The van der Waals surface area contributed by atoms with Gasteiger partial charge in [-0.15, -0.1) is 11.3 Å². The van der Waals surface area contributed by atoms with Crippen LogP contribution in [0.5, 0.6) is 0 Å². The zero-order valence-corrected chi connectivity index (χ0v) is 12.4. The first-order valence-electron chi connectivity index (χ1n) is 5.28. The van der Waals surface area contributed by atoms with Crippen molar-refractivity contribution in [3.8, 4) is 0 Å². The highest BCUT2D eigenvalue weighted by molar-refractivity contribution is 9.10. The summed E-state index contributed by atoms with van der Waals surface area (Å²) in [5.74, 6) is 0.489. The number of hydrogen-bond acceptors (Lipinski definition) is 3. The van der Waals surface area contributed by atoms with E-state index in [-0.39, 0.29) is 0 Å². The molecule has 0 aliphatic heterocycles. The van der Waals surface area contributed by atoms with Crippen molar-refractivity contribution in [2.75, 3.05) is 5.73 Å². The number of para-hydroxylation sites is 1. The molecule has 0 aliphatic rings. The lowest BCUT2D eigenvalue weighted by molar-refractivity contribution is 0.852. The number of imidazole rings is 1. The number of aromatic nitrogens is 2. The SMILES string of the molecule is Nc1nc2cccc(Cl)c2n1Cc1cc(Br)cs1. The van der Waals surface area contributed by atoms with Crippen molar-refractivity contribution in [3.05, 3.63) is 44.0 Å². The Morgan fingerprint density at radius 1 is 1.44 bits per heavy atom. The number of nitrogens with two attached hydrogens (primary N) is 1. The summed E-state index contributed by atoms with van der Waals surface area (Å²) in [6, 6.07) is 7.72. The van der Waals surface area contributed by atoms with Gasteiger partial charge < -0.3 is 10.3 Å². The van der Waals surface area contributed by atoms with Gasteiger partial charge in [-0.25, -0.2) is 4.98 Å². The van der Waals surface area contributed by atoms with Crippen molar-refractivity contribution in [2.24, 2.45) is 0 Å². The fourth-order valence-electron chi connectivity index (χ4n) is 1.91. The molecule has 0 bridgehead atoms. The van der Waals surface area contributed by atoms with E-state index in [4.69, 9.17) is 17.3 Å². The topological polar surface area (TPSA) is 43.8 Å². The van der Waals surface area contributed by atoms with Crippen LogP contribution in [0.3, 0.4) is 0 Å². The van der Waals surface area contributed by atoms with Crippen LogP contribution in [0.4, 0.5) is 5.95 Å². The molecule has 0 fully saturated rings. The lowest BCUT2D eigenvalue weighted by atomic mass is 10.3. The largest absolute Gasteiger partial charge is 0.369 e. The van der Waals surface area contributed by atoms with E-state index in [2.05, 4.69) is 27.0 Å². The molecule has 0 aliphatic carbocycles. The predicted octanol–water partition coefficient (Wildman–Crippen LogP) is 4.14. The van der Waals surface area contributed by atoms with E-state index in [1.165, 1.54) is 4.88 Å². The maximum absolute atomic E-state index is 6.22. The van der Waals surface area contributed by atoms with Crippen LogP contribution in [0.2, 0.25) is 5.02 Å². The zero-order chi connectivity index (χ0) is 12.7. The molecule has 3 nitrogen and oxygen atoms in total. The number of nitrogens with zero attached hydrogens (tertiary/aromatic N) is 2. The van der Waals surface area contributed by atoms with Crippen molar-refractivity contribution >= 4 is 55.8 Å². The highest BCUT2D eigenvalue weighted by Gasteiger charge is 2.12. The van der Waals surface area contributed by atoms with E-state index in [1.54, 1.807) is 11.3 Å². The molecule has 92 valence electrons. The summed E-state index contributed by atoms with van der Waals surface area (Å²) in [6.45, 7) is 0.683. The van der Waals surface area contributed by atoms with Gasteiger partial charge in [0.05, 0.1) is 22.6 Å². The van der Waals surface area contributed by atoms with Gasteiger partial charge >= 0.3 is 0 Å². The van der Waals surface area contributed by atoms with Gasteiger partial charge in [-0.05, 0) is 34.1 Å². The molecule has 18 heavy (non-hydrogen) atoms. The van der Waals surface area contributed by atoms with E-state index in [9.17, 15) is 0 Å². The molecule has 1 aromatic carbocycles. The molecule has 2 aromatic heterocycles. The minimum Gasteiger partial charge on any atom is -0.369 e. The Kier molecular flexibility index (Phi) is 3.05. The Labute approximate surface area is 121 Å². The third-order valence-corrected chi connectivity index (χ3v) is 4.67. The monoisotopic (exact) mass is 341 g/mol. The maximum Gasteiger partial charge on any atom is 0.201 e. The molecule has 0 unspecified atom stereocenters. The quantitative estimate of drug-likeness (QED) is 0.760. The average molecular weight is 343 g/mol. The van der Waals surface area contributed by atoms with Crippen molar-refractivity contribution < 1.29 is 0 Å². The second-order valence-corrected chi connectivity index (χ2v) is 6.21. The number of anilines is 1. The van der Waals surface area contributed by atoms with Crippen molar-refractivity contribution in [3.63, 3.8) is 0 Å². The lowest BCUT2D eigenvalue weighted by Gasteiger charge is -2.05. The van der Waals surface area contributed by atoms with E-state index < -0.39 is 0 Å². The molecule has 3 aromatic rings. The summed E-state index contributed by atoms with van der Waals surface area (Å²) in [6.07, 6.45) is 0. The van der Waals surface area contributed by atoms with Crippen LogP contribution in [0.1, 0.15) is 4.88 Å². The predicted molar refractivity (Wildman–Crippen MR) is 80.3 cm³/mol. The highest BCUT2D eigenvalue weighted by atomic mass is 79.9. The van der Waals surface area contributed by atoms with Gasteiger partial charge in [0.15, 0.2) is 0 Å². The normalized spacial score (nSPS) is 11.2. The number of fused-ring (bicyclic) bond motifs is 1. The molecule has 0 atom stereocenters. The Balaban J connectivity index is 2.13. The molecular formula is C12H9BrClN3S. The van der Waals surface area contributed by atoms with Crippen LogP contribution in [-0.2, 0) is 6.54 Å². The average Bonchev–Trinajstić information content (AvgIpc) is 2.85. The van der Waals surface area contributed by atoms with Crippen LogP contribution in [0, 0.1) is 0 Å². The third-order valence-electron chi connectivity index (χ3n) is 2.68. The zero-order valence-electron chi connectivity index (χ0n) is 9.23. The van der Waals surface area contributed by atoms with Gasteiger partial charge in [0.25, 0.3) is 0 Å². The molecule has 3 rings (SSSR count). The minimum atomic E-state index is 0.489. The standard InChI is InChI=1S/C12H9BrClN3S/c13-7-4-8(18-6-7)5-17-11-9(14)2-1-3-10(11)16-12(17)15/h1-4,6H,5H2,(H2,15,16). The number of nitrogen functional groups attached to an aromatic ring is 1.